The molecule has 0 saturated carbocycles. The quantitative estimate of drug-likeness (QED) is 0.488. The van der Waals surface area contributed by atoms with E-state index >= 15 is 0 Å². The van der Waals surface area contributed by atoms with Crippen LogP contribution in [0.3, 0.4) is 0 Å². The summed E-state index contributed by atoms with van der Waals surface area (Å²) < 4.78 is 22.6. The van der Waals surface area contributed by atoms with Crippen molar-refractivity contribution in [1.82, 2.24) is 14.8 Å². The lowest BCUT2D eigenvalue weighted by atomic mass is 9.84. The molecule has 152 valence electrons. The van der Waals surface area contributed by atoms with Crippen LogP contribution in [-0.2, 0) is 0 Å². The summed E-state index contributed by atoms with van der Waals surface area (Å²) in [6, 6.07) is 22.6. The second kappa shape index (κ2) is 6.80. The van der Waals surface area contributed by atoms with Gasteiger partial charge >= 0.3 is 0 Å². The Morgan fingerprint density at radius 3 is 2.65 bits per heavy atom. The molecule has 3 heterocycles. The number of aromatic nitrogens is 3. The van der Waals surface area contributed by atoms with Gasteiger partial charge in [0.05, 0.1) is 5.70 Å². The number of fused-ring (bicyclic) bond motifs is 3. The maximum absolute atomic E-state index is 14.2. The van der Waals surface area contributed by atoms with E-state index in [2.05, 4.69) is 40.5 Å². The molecule has 2 unspecified atom stereocenters. The number of nitrogens with zero attached hydrogens (tertiary/aromatic N) is 3. The zero-order valence-electron chi connectivity index (χ0n) is 16.8. The van der Waals surface area contributed by atoms with Gasteiger partial charge in [-0.2, -0.15) is 10.1 Å². The molecule has 31 heavy (non-hydrogen) atoms. The van der Waals surface area contributed by atoms with Crippen LogP contribution < -0.4 is 10.1 Å². The molecule has 0 radical (unpaired) electrons. The minimum atomic E-state index is -0.476. The van der Waals surface area contributed by atoms with Crippen molar-refractivity contribution in [2.24, 2.45) is 0 Å². The fourth-order valence-electron chi connectivity index (χ4n) is 4.48. The number of ether oxygens (including phenoxy) is 1. The summed E-state index contributed by atoms with van der Waals surface area (Å²) in [6.45, 7) is 2.05. The summed E-state index contributed by atoms with van der Waals surface area (Å²) in [7, 11) is 0. The molecule has 2 aliphatic heterocycles. The van der Waals surface area contributed by atoms with Gasteiger partial charge in [-0.15, -0.1) is 0 Å². The number of nitrogens with one attached hydrogen (secondary N) is 1. The first kappa shape index (κ1) is 17.9. The monoisotopic (exact) mass is 410 g/mol. The van der Waals surface area contributed by atoms with Crippen molar-refractivity contribution in [3.63, 3.8) is 0 Å². The molecule has 0 amide bonds. The molecule has 6 rings (SSSR count). The molecule has 0 bridgehead atoms. The van der Waals surface area contributed by atoms with Gasteiger partial charge in [-0.1, -0.05) is 54.1 Å². The SMILES string of the molecule is Cc1ccc2c(c1)C1=C(C(c3cccc(F)c3)O2)C(c2ccccc2)n2ncnc2N1. The lowest BCUT2D eigenvalue weighted by molar-refractivity contribution is 0.222. The minimum absolute atomic E-state index is 0.239. The zero-order valence-corrected chi connectivity index (χ0v) is 16.8. The van der Waals surface area contributed by atoms with E-state index in [4.69, 9.17) is 4.74 Å². The first-order chi connectivity index (χ1) is 15.2. The van der Waals surface area contributed by atoms with Gasteiger partial charge in [0.15, 0.2) is 0 Å². The third-order valence-corrected chi connectivity index (χ3v) is 5.84. The Morgan fingerprint density at radius 2 is 1.81 bits per heavy atom. The van der Waals surface area contributed by atoms with Crippen LogP contribution >= 0.6 is 0 Å². The highest BCUT2D eigenvalue weighted by Crippen LogP contribution is 2.50. The maximum Gasteiger partial charge on any atom is 0.226 e. The van der Waals surface area contributed by atoms with E-state index in [1.54, 1.807) is 12.4 Å². The standard InChI is InChI=1S/C25H19FN4O/c1-15-10-11-20-19(12-15)22-21(24(31-20)17-8-5-9-18(26)13-17)23(16-6-3-2-4-7-16)30-25(29-22)27-14-28-30/h2-14,23-24H,1H3,(H,27,28,29). The van der Waals surface area contributed by atoms with Gasteiger partial charge in [-0.3, -0.25) is 0 Å². The van der Waals surface area contributed by atoms with E-state index in [-0.39, 0.29) is 11.9 Å². The average molecular weight is 410 g/mol. The second-order valence-corrected chi connectivity index (χ2v) is 7.85. The van der Waals surface area contributed by atoms with Gasteiger partial charge in [0.1, 0.15) is 30.0 Å². The van der Waals surface area contributed by atoms with Crippen LogP contribution in [0, 0.1) is 12.7 Å². The summed E-state index contributed by atoms with van der Waals surface area (Å²) in [5.74, 6) is 1.13. The van der Waals surface area contributed by atoms with Crippen LogP contribution in [0.1, 0.15) is 34.4 Å². The van der Waals surface area contributed by atoms with Gasteiger partial charge < -0.3 is 10.1 Å². The molecule has 0 spiro atoms. The molecular formula is C25H19FN4O. The number of halogens is 1. The van der Waals surface area contributed by atoms with Gasteiger partial charge in [0, 0.05) is 11.1 Å². The number of rotatable bonds is 2. The van der Waals surface area contributed by atoms with Gasteiger partial charge in [-0.05, 0) is 42.3 Å². The largest absolute Gasteiger partial charge is 0.480 e. The highest BCUT2D eigenvalue weighted by atomic mass is 19.1. The van der Waals surface area contributed by atoms with E-state index in [0.717, 1.165) is 39.3 Å². The van der Waals surface area contributed by atoms with Crippen LogP contribution in [0.5, 0.6) is 5.75 Å². The van der Waals surface area contributed by atoms with E-state index in [1.807, 2.05) is 41.1 Å². The predicted molar refractivity (Wildman–Crippen MR) is 116 cm³/mol. The molecule has 0 fully saturated rings. The lowest BCUT2D eigenvalue weighted by Gasteiger charge is -2.39. The molecule has 0 aliphatic carbocycles. The molecule has 3 aromatic carbocycles. The molecule has 6 heteroatoms. The normalized spacial score (nSPS) is 19.0. The van der Waals surface area contributed by atoms with E-state index in [0.29, 0.717) is 5.95 Å². The third-order valence-electron chi connectivity index (χ3n) is 5.84. The van der Waals surface area contributed by atoms with Crippen LogP contribution in [0.25, 0.3) is 5.70 Å². The molecule has 2 atom stereocenters. The van der Waals surface area contributed by atoms with Gasteiger partial charge in [0.25, 0.3) is 0 Å². The Kier molecular flexibility index (Phi) is 3.93. The fraction of sp³-hybridized carbons (Fsp3) is 0.120. The lowest BCUT2D eigenvalue weighted by Crippen LogP contribution is -2.32. The van der Waals surface area contributed by atoms with Crippen LogP contribution in [0.15, 0.2) is 84.7 Å². The van der Waals surface area contributed by atoms with Gasteiger partial charge in [0.2, 0.25) is 5.95 Å². The topological polar surface area (TPSA) is 52.0 Å². The Hall–Kier alpha value is -3.93. The van der Waals surface area contributed by atoms with Crippen molar-refractivity contribution in [2.75, 3.05) is 5.32 Å². The van der Waals surface area contributed by atoms with Crippen LogP contribution in [0.2, 0.25) is 0 Å². The van der Waals surface area contributed by atoms with E-state index < -0.39 is 6.10 Å². The van der Waals surface area contributed by atoms with Gasteiger partial charge in [-0.25, -0.2) is 9.07 Å². The molecular weight excluding hydrogens is 391 g/mol. The van der Waals surface area contributed by atoms with E-state index in [9.17, 15) is 4.39 Å². The first-order valence-electron chi connectivity index (χ1n) is 10.2. The summed E-state index contributed by atoms with van der Waals surface area (Å²) >= 11 is 0. The highest BCUT2D eigenvalue weighted by Gasteiger charge is 2.40. The maximum atomic E-state index is 14.2. The summed E-state index contributed by atoms with van der Waals surface area (Å²) in [6.07, 6.45) is 1.07. The Balaban J connectivity index is 1.65. The van der Waals surface area contributed by atoms with Crippen LogP contribution in [-0.4, -0.2) is 14.8 Å². The number of benzene rings is 3. The summed E-state index contributed by atoms with van der Waals surface area (Å²) in [5.41, 5.74) is 5.83. The Morgan fingerprint density at radius 1 is 0.968 bits per heavy atom. The fourth-order valence-corrected chi connectivity index (χ4v) is 4.48. The highest BCUT2D eigenvalue weighted by molar-refractivity contribution is 5.85. The smallest absolute Gasteiger partial charge is 0.226 e. The van der Waals surface area contributed by atoms with Crippen molar-refractivity contribution in [3.05, 3.63) is 113 Å². The molecule has 4 aromatic rings. The Labute approximate surface area is 178 Å². The van der Waals surface area contributed by atoms with Crippen molar-refractivity contribution in [2.45, 2.75) is 19.1 Å². The van der Waals surface area contributed by atoms with Crippen molar-refractivity contribution < 1.29 is 9.13 Å². The molecule has 1 N–H and O–H groups in total. The third kappa shape index (κ3) is 2.83. The van der Waals surface area contributed by atoms with E-state index in [1.165, 1.54) is 12.1 Å². The average Bonchev–Trinajstić information content (AvgIpc) is 3.26. The number of hydrogen-bond donors (Lipinski definition) is 1. The number of anilines is 1. The minimum Gasteiger partial charge on any atom is -0.480 e. The predicted octanol–water partition coefficient (Wildman–Crippen LogP) is 5.29. The number of aryl methyl sites for hydroxylation is 1. The van der Waals surface area contributed by atoms with Crippen molar-refractivity contribution >= 4 is 11.6 Å². The Bertz CT molecular complexity index is 1330. The number of hydrogen-bond acceptors (Lipinski definition) is 4. The first-order valence-corrected chi connectivity index (χ1v) is 10.2. The second-order valence-electron chi connectivity index (χ2n) is 7.85. The van der Waals surface area contributed by atoms with Crippen LogP contribution in [0.4, 0.5) is 10.3 Å². The van der Waals surface area contributed by atoms with Crippen molar-refractivity contribution in [1.29, 1.82) is 0 Å². The molecule has 5 nitrogen and oxygen atoms in total. The molecule has 0 saturated heterocycles. The molecule has 2 aliphatic rings. The zero-order chi connectivity index (χ0) is 20.9. The summed E-state index contributed by atoms with van der Waals surface area (Å²) in [4.78, 5) is 4.44. The summed E-state index contributed by atoms with van der Waals surface area (Å²) in [5, 5.41) is 7.98. The van der Waals surface area contributed by atoms with Crippen molar-refractivity contribution in [3.8, 4) is 5.75 Å². The molecule has 1 aromatic heterocycles.